The molecule has 1 aliphatic rings. The molecule has 2 N–H and O–H groups in total. The lowest BCUT2D eigenvalue weighted by molar-refractivity contribution is 0.395. The molecule has 10 nitrogen and oxygen atoms in total. The number of hydrogen-bond acceptors (Lipinski definition) is 8. The Balaban J connectivity index is 1.75. The molecule has 0 spiro atoms. The van der Waals surface area contributed by atoms with E-state index in [0.717, 1.165) is 18.2 Å². The van der Waals surface area contributed by atoms with Crippen molar-refractivity contribution < 1.29 is 17.9 Å². The average Bonchev–Trinajstić information content (AvgIpc) is 3.28. The quantitative estimate of drug-likeness (QED) is 0.432. The lowest BCUT2D eigenvalue weighted by atomic mass is 10.0. The third-order valence-electron chi connectivity index (χ3n) is 6.16. The minimum Gasteiger partial charge on any atom is -0.495 e. The van der Waals surface area contributed by atoms with E-state index in [2.05, 4.69) is 26.6 Å². The van der Waals surface area contributed by atoms with Gasteiger partial charge in [-0.3, -0.25) is 9.36 Å². The first-order chi connectivity index (χ1) is 17.1. The zero-order valence-corrected chi connectivity index (χ0v) is 22.2. The molecular weight excluding hydrogens is 529 g/mol. The number of halogens is 2. The Labute approximate surface area is 218 Å². The van der Waals surface area contributed by atoms with E-state index < -0.39 is 10.0 Å². The number of pyridine rings is 1. The van der Waals surface area contributed by atoms with Crippen molar-refractivity contribution in [2.75, 3.05) is 19.5 Å². The number of nitrogens with one attached hydrogen (secondary N) is 2. The summed E-state index contributed by atoms with van der Waals surface area (Å²) in [6.07, 6.45) is 3.82. The van der Waals surface area contributed by atoms with Crippen molar-refractivity contribution in [2.45, 2.75) is 31.3 Å². The van der Waals surface area contributed by atoms with Gasteiger partial charge in [0, 0.05) is 47.8 Å². The van der Waals surface area contributed by atoms with Crippen LogP contribution < -0.4 is 25.1 Å². The minimum absolute atomic E-state index is 0.174. The average molecular weight is 554 g/mol. The number of anilines is 1. The highest BCUT2D eigenvalue weighted by Gasteiger charge is 2.30. The van der Waals surface area contributed by atoms with Crippen LogP contribution in [0.5, 0.6) is 11.5 Å². The first-order valence-electron chi connectivity index (χ1n) is 11.0. The van der Waals surface area contributed by atoms with Gasteiger partial charge in [0.2, 0.25) is 16.0 Å². The summed E-state index contributed by atoms with van der Waals surface area (Å²) in [6.45, 7) is 3.34. The second-order valence-electron chi connectivity index (χ2n) is 8.30. The van der Waals surface area contributed by atoms with Crippen LogP contribution in [0, 0.1) is 0 Å². The summed E-state index contributed by atoms with van der Waals surface area (Å²) in [4.78, 5) is 22.3. The Kier molecular flexibility index (Phi) is 7.46. The van der Waals surface area contributed by atoms with Crippen molar-refractivity contribution in [1.29, 1.82) is 0 Å². The van der Waals surface area contributed by atoms with E-state index in [0.29, 0.717) is 29.0 Å². The SMILES string of the molecule is C=CS(=O)(=O)NC1CCCC1Nc1ncc2cc(-c3c(Cl)c(OC)cc(OC)c3Cl)c(=O)n(C)c2n1. The van der Waals surface area contributed by atoms with Gasteiger partial charge in [-0.1, -0.05) is 29.8 Å². The van der Waals surface area contributed by atoms with Gasteiger partial charge >= 0.3 is 0 Å². The van der Waals surface area contributed by atoms with Crippen molar-refractivity contribution in [1.82, 2.24) is 19.3 Å². The summed E-state index contributed by atoms with van der Waals surface area (Å²) in [5.74, 6) is 0.896. The fraction of sp³-hybridized carbons (Fsp3) is 0.348. The van der Waals surface area contributed by atoms with Gasteiger partial charge in [-0.15, -0.1) is 0 Å². The van der Waals surface area contributed by atoms with Gasteiger partial charge in [-0.2, -0.15) is 4.98 Å². The summed E-state index contributed by atoms with van der Waals surface area (Å²) >= 11 is 13.1. The first-order valence-corrected chi connectivity index (χ1v) is 13.3. The zero-order chi connectivity index (χ0) is 26.2. The van der Waals surface area contributed by atoms with Gasteiger partial charge in [0.05, 0.1) is 29.8 Å². The van der Waals surface area contributed by atoms with Gasteiger partial charge in [-0.05, 0) is 25.3 Å². The van der Waals surface area contributed by atoms with E-state index in [9.17, 15) is 13.2 Å². The number of ether oxygens (including phenoxy) is 2. The number of methoxy groups -OCH3 is 2. The molecule has 1 fully saturated rings. The Bertz CT molecular complexity index is 1480. The molecule has 1 aliphatic carbocycles. The zero-order valence-electron chi connectivity index (χ0n) is 19.8. The van der Waals surface area contributed by atoms with Gasteiger partial charge in [0.15, 0.2) is 0 Å². The standard InChI is InChI=1S/C23H25Cl2N5O5S/c1-5-36(32,33)29-15-8-6-7-14(15)27-23-26-11-12-9-13(22(31)30(2)21(12)28-23)18-19(24)16(34-3)10-17(35-4)20(18)25/h5,9-11,14-15,29H,1,6-8H2,2-4H3,(H,26,27,28). The number of hydrogen-bond donors (Lipinski definition) is 2. The normalized spacial score (nSPS) is 17.8. The molecule has 1 saturated carbocycles. The summed E-state index contributed by atoms with van der Waals surface area (Å²) in [5.41, 5.74) is 0.507. The second kappa shape index (κ2) is 10.3. The fourth-order valence-electron chi connectivity index (χ4n) is 4.32. The highest BCUT2D eigenvalue weighted by molar-refractivity contribution is 7.92. The van der Waals surface area contributed by atoms with Crippen LogP contribution in [0.1, 0.15) is 19.3 Å². The van der Waals surface area contributed by atoms with E-state index in [4.69, 9.17) is 32.7 Å². The van der Waals surface area contributed by atoms with E-state index in [1.807, 2.05) is 0 Å². The number of nitrogens with zero attached hydrogens (tertiary/aromatic N) is 3. The van der Waals surface area contributed by atoms with Crippen molar-refractivity contribution in [3.05, 3.63) is 50.7 Å². The van der Waals surface area contributed by atoms with Crippen LogP contribution in [0.25, 0.3) is 22.2 Å². The van der Waals surface area contributed by atoms with E-state index in [-0.39, 0.29) is 44.8 Å². The first kappa shape index (κ1) is 26.2. The molecule has 13 heteroatoms. The summed E-state index contributed by atoms with van der Waals surface area (Å²) in [7, 11) is 0.918. The van der Waals surface area contributed by atoms with Crippen molar-refractivity contribution >= 4 is 50.2 Å². The highest BCUT2D eigenvalue weighted by atomic mass is 35.5. The highest BCUT2D eigenvalue weighted by Crippen LogP contribution is 2.45. The molecule has 192 valence electrons. The van der Waals surface area contributed by atoms with E-state index in [1.165, 1.54) is 18.8 Å². The Morgan fingerprint density at radius 3 is 2.39 bits per heavy atom. The number of aromatic nitrogens is 3. The van der Waals surface area contributed by atoms with Crippen LogP contribution in [0.15, 0.2) is 35.1 Å². The number of benzene rings is 1. The molecule has 1 aromatic carbocycles. The van der Waals surface area contributed by atoms with Gasteiger partial charge in [0.1, 0.15) is 17.1 Å². The van der Waals surface area contributed by atoms with Crippen LogP contribution >= 0.6 is 23.2 Å². The molecule has 3 aromatic rings. The summed E-state index contributed by atoms with van der Waals surface area (Å²) in [6, 6.07) is 2.62. The molecule has 2 atom stereocenters. The molecule has 0 amide bonds. The van der Waals surface area contributed by atoms with Crippen molar-refractivity contribution in [3.8, 4) is 22.6 Å². The van der Waals surface area contributed by atoms with E-state index >= 15 is 0 Å². The lowest BCUT2D eigenvalue weighted by Crippen LogP contribution is -2.42. The Hall–Kier alpha value is -2.86. The Morgan fingerprint density at radius 2 is 1.78 bits per heavy atom. The van der Waals surface area contributed by atoms with Crippen LogP contribution in [0.2, 0.25) is 10.0 Å². The predicted molar refractivity (Wildman–Crippen MR) is 141 cm³/mol. The molecule has 0 radical (unpaired) electrons. The van der Waals surface area contributed by atoms with Crippen LogP contribution in [-0.4, -0.2) is 49.3 Å². The minimum atomic E-state index is -3.58. The molecule has 2 unspecified atom stereocenters. The molecule has 0 aliphatic heterocycles. The number of sulfonamides is 1. The Morgan fingerprint density at radius 1 is 1.14 bits per heavy atom. The van der Waals surface area contributed by atoms with Gasteiger partial charge in [-0.25, -0.2) is 18.1 Å². The third kappa shape index (κ3) is 4.88. The van der Waals surface area contributed by atoms with Crippen LogP contribution in [0.4, 0.5) is 5.95 Å². The molecule has 0 bridgehead atoms. The third-order valence-corrected chi connectivity index (χ3v) is 7.98. The number of aryl methyl sites for hydroxylation is 1. The number of fused-ring (bicyclic) bond motifs is 1. The molecular formula is C23H25Cl2N5O5S. The second-order valence-corrected chi connectivity index (χ2v) is 10.7. The largest absolute Gasteiger partial charge is 0.495 e. The van der Waals surface area contributed by atoms with Crippen LogP contribution in [0.3, 0.4) is 0 Å². The summed E-state index contributed by atoms with van der Waals surface area (Å²) in [5, 5.41) is 5.00. The summed E-state index contributed by atoms with van der Waals surface area (Å²) < 4.78 is 38.5. The fourth-order valence-corrected chi connectivity index (χ4v) is 5.82. The maximum Gasteiger partial charge on any atom is 0.259 e. The molecule has 2 heterocycles. The predicted octanol–water partition coefficient (Wildman–Crippen LogP) is 3.72. The molecule has 2 aromatic heterocycles. The van der Waals surface area contributed by atoms with Crippen molar-refractivity contribution in [3.63, 3.8) is 0 Å². The molecule has 0 saturated heterocycles. The van der Waals surface area contributed by atoms with E-state index in [1.54, 1.807) is 25.4 Å². The maximum absolute atomic E-state index is 13.4. The van der Waals surface area contributed by atoms with Crippen molar-refractivity contribution in [2.24, 2.45) is 7.05 Å². The number of rotatable bonds is 8. The topological polar surface area (TPSA) is 124 Å². The van der Waals surface area contributed by atoms with Gasteiger partial charge < -0.3 is 14.8 Å². The monoisotopic (exact) mass is 553 g/mol. The molecule has 36 heavy (non-hydrogen) atoms. The maximum atomic E-state index is 13.4. The van der Waals surface area contributed by atoms with Gasteiger partial charge in [0.25, 0.3) is 5.56 Å². The van der Waals surface area contributed by atoms with Crippen LogP contribution in [-0.2, 0) is 17.1 Å². The molecule has 4 rings (SSSR count). The smallest absolute Gasteiger partial charge is 0.259 e. The lowest BCUT2D eigenvalue weighted by Gasteiger charge is -2.21.